The van der Waals surface area contributed by atoms with Gasteiger partial charge in [-0.05, 0) is 26.2 Å². The Morgan fingerprint density at radius 1 is 1.35 bits per heavy atom. The van der Waals surface area contributed by atoms with Crippen molar-refractivity contribution >= 4 is 41.1 Å². The number of aromatic nitrogens is 2. The molecule has 5 N–H and O–H groups in total. The predicted octanol–water partition coefficient (Wildman–Crippen LogP) is 1.44. The van der Waals surface area contributed by atoms with Crippen LogP contribution in [0.4, 0.5) is 11.6 Å². The standard InChI is InChI=1S/C13H21N7OS2/c1-20(2)7-9-3-4-10(21-9)8-22-6-5-16-11-12(17-13(14)15)19-23-18-11/h3-4H,5-8H2,1-2H3,(H,16,18)(H4,14,15,17,19). The second-order valence-corrected chi connectivity index (χ2v) is 6.69. The van der Waals surface area contributed by atoms with Crippen molar-refractivity contribution in [2.24, 2.45) is 16.5 Å². The first kappa shape index (κ1) is 17.6. The second-order valence-electron chi connectivity index (χ2n) is 5.06. The van der Waals surface area contributed by atoms with Crippen molar-refractivity contribution in [1.82, 2.24) is 13.6 Å². The van der Waals surface area contributed by atoms with Crippen LogP contribution in [0.1, 0.15) is 11.5 Å². The van der Waals surface area contributed by atoms with Crippen LogP contribution in [0.15, 0.2) is 21.5 Å². The number of guanidine groups is 1. The normalized spacial score (nSPS) is 10.9. The summed E-state index contributed by atoms with van der Waals surface area (Å²) in [7, 11) is 4.04. The molecule has 126 valence electrons. The van der Waals surface area contributed by atoms with Gasteiger partial charge in [0.2, 0.25) is 5.82 Å². The molecule has 0 fully saturated rings. The van der Waals surface area contributed by atoms with Crippen molar-refractivity contribution < 1.29 is 4.42 Å². The summed E-state index contributed by atoms with van der Waals surface area (Å²) in [6.07, 6.45) is 0. The molecule has 2 aromatic rings. The highest BCUT2D eigenvalue weighted by Crippen LogP contribution is 2.21. The lowest BCUT2D eigenvalue weighted by Crippen LogP contribution is -2.22. The molecular weight excluding hydrogens is 334 g/mol. The maximum atomic E-state index is 5.76. The van der Waals surface area contributed by atoms with E-state index < -0.39 is 0 Å². The van der Waals surface area contributed by atoms with Gasteiger partial charge in [-0.1, -0.05) is 0 Å². The first-order valence-corrected chi connectivity index (χ1v) is 8.89. The average Bonchev–Trinajstić information content (AvgIpc) is 3.07. The predicted molar refractivity (Wildman–Crippen MR) is 96.1 cm³/mol. The summed E-state index contributed by atoms with van der Waals surface area (Å²) < 4.78 is 13.9. The second kappa shape index (κ2) is 8.75. The van der Waals surface area contributed by atoms with Crippen molar-refractivity contribution in [2.75, 3.05) is 31.7 Å². The van der Waals surface area contributed by atoms with Gasteiger partial charge in [0.15, 0.2) is 11.8 Å². The van der Waals surface area contributed by atoms with Crippen LogP contribution >= 0.6 is 23.5 Å². The van der Waals surface area contributed by atoms with E-state index in [1.165, 1.54) is 0 Å². The van der Waals surface area contributed by atoms with Gasteiger partial charge in [-0.15, -0.1) is 0 Å². The highest BCUT2D eigenvalue weighted by Gasteiger charge is 2.07. The first-order chi connectivity index (χ1) is 11.0. The molecule has 0 spiro atoms. The van der Waals surface area contributed by atoms with Crippen LogP contribution in [0.3, 0.4) is 0 Å². The van der Waals surface area contributed by atoms with Gasteiger partial charge in [-0.25, -0.2) is 0 Å². The largest absolute Gasteiger partial charge is 0.464 e. The number of nitrogens with zero attached hydrogens (tertiary/aromatic N) is 4. The molecule has 0 aliphatic carbocycles. The summed E-state index contributed by atoms with van der Waals surface area (Å²) >= 11 is 2.85. The molecule has 0 atom stereocenters. The number of nitrogens with two attached hydrogens (primary N) is 2. The summed E-state index contributed by atoms with van der Waals surface area (Å²) in [4.78, 5) is 5.99. The average molecular weight is 355 g/mol. The van der Waals surface area contributed by atoms with Gasteiger partial charge < -0.3 is 26.1 Å². The Hall–Kier alpha value is -1.78. The van der Waals surface area contributed by atoms with Crippen molar-refractivity contribution in [3.63, 3.8) is 0 Å². The summed E-state index contributed by atoms with van der Waals surface area (Å²) in [6, 6.07) is 4.05. The Morgan fingerprint density at radius 3 is 2.87 bits per heavy atom. The molecule has 0 bridgehead atoms. The van der Waals surface area contributed by atoms with Gasteiger partial charge in [-0.2, -0.15) is 25.5 Å². The molecule has 23 heavy (non-hydrogen) atoms. The van der Waals surface area contributed by atoms with Gasteiger partial charge in [-0.3, -0.25) is 0 Å². The SMILES string of the molecule is CN(C)Cc1ccc(CSCCNc2nsnc2N=C(N)N)o1. The summed E-state index contributed by atoms with van der Waals surface area (Å²) in [5.74, 6) is 4.73. The number of nitrogens with one attached hydrogen (secondary N) is 1. The van der Waals surface area contributed by atoms with Crippen molar-refractivity contribution in [3.8, 4) is 0 Å². The molecule has 2 aromatic heterocycles. The Labute approximate surface area is 143 Å². The van der Waals surface area contributed by atoms with Crippen molar-refractivity contribution in [2.45, 2.75) is 12.3 Å². The van der Waals surface area contributed by atoms with E-state index in [4.69, 9.17) is 15.9 Å². The number of hydrogen-bond donors (Lipinski definition) is 3. The molecule has 0 saturated heterocycles. The molecular formula is C13H21N7OS2. The smallest absolute Gasteiger partial charge is 0.213 e. The number of rotatable bonds is 9. The zero-order valence-corrected chi connectivity index (χ0v) is 14.8. The van der Waals surface area contributed by atoms with E-state index in [1.807, 2.05) is 26.2 Å². The maximum Gasteiger partial charge on any atom is 0.213 e. The van der Waals surface area contributed by atoms with E-state index in [9.17, 15) is 0 Å². The topological polar surface area (TPSA) is 119 Å². The first-order valence-electron chi connectivity index (χ1n) is 7.00. The molecule has 10 heteroatoms. The van der Waals surface area contributed by atoms with E-state index in [-0.39, 0.29) is 5.96 Å². The van der Waals surface area contributed by atoms with Gasteiger partial charge in [0.25, 0.3) is 0 Å². The molecule has 0 radical (unpaired) electrons. The minimum Gasteiger partial charge on any atom is -0.464 e. The van der Waals surface area contributed by atoms with Crippen LogP contribution in [0.2, 0.25) is 0 Å². The number of anilines is 1. The van der Waals surface area contributed by atoms with Crippen LogP contribution in [-0.2, 0) is 12.3 Å². The summed E-state index contributed by atoms with van der Waals surface area (Å²) in [6.45, 7) is 1.56. The molecule has 2 rings (SSSR count). The van der Waals surface area contributed by atoms with Crippen molar-refractivity contribution in [3.05, 3.63) is 23.7 Å². The van der Waals surface area contributed by atoms with Gasteiger partial charge in [0.05, 0.1) is 24.0 Å². The Balaban J connectivity index is 1.69. The minimum absolute atomic E-state index is 0.0264. The highest BCUT2D eigenvalue weighted by atomic mass is 32.2. The molecule has 0 amide bonds. The molecule has 0 unspecified atom stereocenters. The minimum atomic E-state index is -0.0264. The third-order valence-corrected chi connectivity index (χ3v) is 4.18. The van der Waals surface area contributed by atoms with E-state index >= 15 is 0 Å². The zero-order valence-electron chi connectivity index (χ0n) is 13.2. The third kappa shape index (κ3) is 6.08. The number of aliphatic imine (C=N–C) groups is 1. The van der Waals surface area contributed by atoms with Crippen LogP contribution in [0, 0.1) is 0 Å². The Kier molecular flexibility index (Phi) is 6.68. The number of furan rings is 1. The van der Waals surface area contributed by atoms with Crippen molar-refractivity contribution in [1.29, 1.82) is 0 Å². The van der Waals surface area contributed by atoms with Crippen LogP contribution in [0.5, 0.6) is 0 Å². The van der Waals surface area contributed by atoms with E-state index in [2.05, 4.69) is 24.0 Å². The maximum absolute atomic E-state index is 5.76. The van der Waals surface area contributed by atoms with Gasteiger partial charge in [0.1, 0.15) is 11.5 Å². The van der Waals surface area contributed by atoms with Crippen LogP contribution < -0.4 is 16.8 Å². The fraction of sp³-hybridized carbons (Fsp3) is 0.462. The molecule has 0 aliphatic heterocycles. The summed E-state index contributed by atoms with van der Waals surface area (Å²) in [5, 5.41) is 3.18. The third-order valence-electron chi connectivity index (χ3n) is 2.68. The van der Waals surface area contributed by atoms with E-state index in [0.29, 0.717) is 11.6 Å². The number of hydrogen-bond acceptors (Lipinski definition) is 8. The van der Waals surface area contributed by atoms with E-state index in [1.54, 1.807) is 11.8 Å². The lowest BCUT2D eigenvalue weighted by atomic mass is 10.4. The molecule has 0 saturated carbocycles. The zero-order chi connectivity index (χ0) is 16.7. The number of thioether (sulfide) groups is 1. The lowest BCUT2D eigenvalue weighted by Gasteiger charge is -2.06. The highest BCUT2D eigenvalue weighted by molar-refractivity contribution is 7.98. The van der Waals surface area contributed by atoms with E-state index in [0.717, 1.165) is 47.8 Å². The molecule has 0 aliphatic rings. The summed E-state index contributed by atoms with van der Waals surface area (Å²) in [5.41, 5.74) is 10.7. The van der Waals surface area contributed by atoms with Gasteiger partial charge >= 0.3 is 0 Å². The molecule has 2 heterocycles. The fourth-order valence-corrected chi connectivity index (χ4v) is 3.02. The lowest BCUT2D eigenvalue weighted by molar-refractivity contribution is 0.344. The fourth-order valence-electron chi connectivity index (χ4n) is 1.80. The Bertz CT molecular complexity index is 634. The monoisotopic (exact) mass is 355 g/mol. The van der Waals surface area contributed by atoms with Crippen LogP contribution in [0.25, 0.3) is 0 Å². The Morgan fingerprint density at radius 2 is 2.13 bits per heavy atom. The molecule has 0 aromatic carbocycles. The van der Waals surface area contributed by atoms with Crippen LogP contribution in [-0.4, -0.2) is 46.0 Å². The van der Waals surface area contributed by atoms with Gasteiger partial charge in [0, 0.05) is 12.3 Å². The quantitative estimate of drug-likeness (QED) is 0.351. The molecule has 8 nitrogen and oxygen atoms in total.